The molecular weight excluding hydrogens is 893 g/mol. The van der Waals surface area contributed by atoms with Gasteiger partial charge in [0.2, 0.25) is 5.91 Å². The summed E-state index contributed by atoms with van der Waals surface area (Å²) in [6, 6.07) is 32.6. The number of nitrogens with zero attached hydrogens (tertiary/aromatic N) is 4. The predicted octanol–water partition coefficient (Wildman–Crippen LogP) is 6.46. The van der Waals surface area contributed by atoms with E-state index >= 15 is 8.63 Å². The van der Waals surface area contributed by atoms with Crippen LogP contribution in [-0.2, 0) is 34.1 Å². The van der Waals surface area contributed by atoms with Crippen LogP contribution in [0.25, 0.3) is 28.0 Å². The molecule has 17 nitrogen and oxygen atoms in total. The Morgan fingerprint density at radius 2 is 1.39 bits per heavy atom. The molecule has 1 saturated heterocycles. The summed E-state index contributed by atoms with van der Waals surface area (Å²) < 4.78 is 73.6. The van der Waals surface area contributed by atoms with Gasteiger partial charge in [0, 0.05) is 54.7 Å². The van der Waals surface area contributed by atoms with E-state index in [0.29, 0.717) is 44.4 Å². The molecule has 0 aliphatic carbocycles. The van der Waals surface area contributed by atoms with Crippen molar-refractivity contribution in [2.75, 3.05) is 25.4 Å². The molecule has 5 aromatic rings. The van der Waals surface area contributed by atoms with E-state index in [0.717, 1.165) is 10.0 Å². The summed E-state index contributed by atoms with van der Waals surface area (Å²) in [4.78, 5) is 74.2. The SMILES string of the molecule is O=C(CCC(=O)ON1C(=O)CCC1=O)NCCNC(=O)Oc1ccc(C2=N/C(=N\c3c(-c4ccccc4)cc(-c4ccc(OCCCS(=O)(=O)O)cc4)n3B(F)F)C(c3ccccc3)=C2)cc1. The van der Waals surface area contributed by atoms with Gasteiger partial charge < -0.3 is 29.4 Å². The molecule has 2 aliphatic heterocycles. The number of carbonyl (C=O) groups is 5. The molecule has 1 aromatic heterocycles. The van der Waals surface area contributed by atoms with Crippen molar-refractivity contribution in [3.05, 3.63) is 132 Å². The summed E-state index contributed by atoms with van der Waals surface area (Å²) in [6.07, 6.45) is 0.294. The summed E-state index contributed by atoms with van der Waals surface area (Å²) in [6.45, 7) is 0.00857. The number of halogens is 2. The van der Waals surface area contributed by atoms with Crippen LogP contribution in [0.2, 0.25) is 0 Å². The van der Waals surface area contributed by atoms with Gasteiger partial charge in [-0.25, -0.2) is 19.6 Å². The van der Waals surface area contributed by atoms with Gasteiger partial charge in [-0.3, -0.25) is 27.6 Å². The van der Waals surface area contributed by atoms with Gasteiger partial charge in [0.05, 0.1) is 24.5 Å². The van der Waals surface area contributed by atoms with Gasteiger partial charge in [-0.15, -0.1) is 5.06 Å². The highest BCUT2D eigenvalue weighted by molar-refractivity contribution is 7.85. The second-order valence-electron chi connectivity index (χ2n) is 14.9. The van der Waals surface area contributed by atoms with Crippen LogP contribution in [-0.4, -0.2) is 96.7 Å². The number of benzene rings is 4. The molecule has 2 aliphatic rings. The Morgan fingerprint density at radius 1 is 0.776 bits per heavy atom. The van der Waals surface area contributed by atoms with Crippen molar-refractivity contribution in [3.8, 4) is 33.9 Å². The van der Waals surface area contributed by atoms with Crippen molar-refractivity contribution in [1.29, 1.82) is 0 Å². The fourth-order valence-corrected chi connectivity index (χ4v) is 7.40. The number of hydrogen-bond donors (Lipinski definition) is 3. The Morgan fingerprint density at radius 3 is 2.03 bits per heavy atom. The maximum absolute atomic E-state index is 15.4. The molecule has 4 amide bonds. The number of aromatic nitrogens is 1. The van der Waals surface area contributed by atoms with Gasteiger partial charge in [0.1, 0.15) is 17.3 Å². The van der Waals surface area contributed by atoms with E-state index in [1.165, 1.54) is 0 Å². The molecule has 7 rings (SSSR count). The first kappa shape index (κ1) is 47.2. The zero-order chi connectivity index (χ0) is 47.5. The van der Waals surface area contributed by atoms with E-state index < -0.39 is 53.1 Å². The van der Waals surface area contributed by atoms with Crippen LogP contribution in [0.5, 0.6) is 11.5 Å². The summed E-state index contributed by atoms with van der Waals surface area (Å²) >= 11 is 0. The Hall–Kier alpha value is -7.78. The Balaban J connectivity index is 1.05. The van der Waals surface area contributed by atoms with Gasteiger partial charge >= 0.3 is 19.5 Å². The van der Waals surface area contributed by atoms with Gasteiger partial charge in [0.25, 0.3) is 21.9 Å². The molecule has 0 spiro atoms. The number of amidine groups is 1. The van der Waals surface area contributed by atoms with Crippen LogP contribution in [0.4, 0.5) is 19.2 Å². The molecule has 0 saturated carbocycles. The van der Waals surface area contributed by atoms with Crippen LogP contribution < -0.4 is 20.1 Å². The van der Waals surface area contributed by atoms with Crippen molar-refractivity contribution in [2.45, 2.75) is 32.1 Å². The molecule has 4 aromatic carbocycles. The average molecular weight is 935 g/mol. The molecule has 0 unspecified atom stereocenters. The molecule has 0 bridgehead atoms. The third-order valence-corrected chi connectivity index (χ3v) is 10.9. The standard InChI is InChI=1S/C46H41BF2N6O11S/c48-47(49)54-39(33-14-16-34(17-15-33)64-26-7-27-67(61,62)63)29-37(31-10-5-2-6-11-31)45(54)53-44-36(30-8-3-1-4-9-30)28-38(52-44)32-12-18-35(19-13-32)65-46(60)51-25-24-50-40(56)20-23-43(59)66-55-41(57)21-22-42(55)58/h1-6,8-19,28-29H,7,20-27H2,(H,50,56)(H,51,60)(H,61,62,63)/b53-44-. The molecule has 0 radical (unpaired) electrons. The Bertz CT molecular complexity index is 2840. The number of carbonyl (C=O) groups excluding carboxylic acids is 5. The van der Waals surface area contributed by atoms with E-state index in [2.05, 4.69) is 10.6 Å². The highest BCUT2D eigenvalue weighted by Crippen LogP contribution is 2.41. The lowest BCUT2D eigenvalue weighted by molar-refractivity contribution is -0.197. The molecular formula is C46H41BF2N6O11S. The lowest BCUT2D eigenvalue weighted by Gasteiger charge is -2.12. The second kappa shape index (κ2) is 21.5. The number of amides is 4. The average Bonchev–Trinajstić information content (AvgIpc) is 4.01. The third kappa shape index (κ3) is 12.5. The van der Waals surface area contributed by atoms with Crippen LogP contribution >= 0.6 is 0 Å². The zero-order valence-electron chi connectivity index (χ0n) is 35.5. The maximum atomic E-state index is 15.4. The van der Waals surface area contributed by atoms with E-state index in [1.807, 2.05) is 36.4 Å². The molecule has 21 heteroatoms. The first-order valence-corrected chi connectivity index (χ1v) is 22.4. The fourth-order valence-electron chi connectivity index (χ4n) is 6.92. The molecule has 344 valence electrons. The fraction of sp³-hybridized carbons (Fsp3) is 0.196. The second-order valence-corrected chi connectivity index (χ2v) is 16.5. The minimum Gasteiger partial charge on any atom is -0.494 e. The number of allylic oxidation sites excluding steroid dienone is 1. The largest absolute Gasteiger partial charge is 0.679 e. The summed E-state index contributed by atoms with van der Waals surface area (Å²) in [5.74, 6) is -2.47. The van der Waals surface area contributed by atoms with Gasteiger partial charge in [0.15, 0.2) is 5.84 Å². The summed E-state index contributed by atoms with van der Waals surface area (Å²) in [5, 5.41) is 5.44. The number of imide groups is 1. The molecule has 67 heavy (non-hydrogen) atoms. The smallest absolute Gasteiger partial charge is 0.494 e. The van der Waals surface area contributed by atoms with Crippen molar-refractivity contribution < 1.29 is 59.9 Å². The quantitative estimate of drug-likeness (QED) is 0.0353. The summed E-state index contributed by atoms with van der Waals surface area (Å²) in [5.41, 5.74) is 3.99. The van der Waals surface area contributed by atoms with Gasteiger partial charge in [-0.1, -0.05) is 60.7 Å². The monoisotopic (exact) mass is 934 g/mol. The van der Waals surface area contributed by atoms with E-state index in [4.69, 9.17) is 28.8 Å². The van der Waals surface area contributed by atoms with Crippen LogP contribution in [0.3, 0.4) is 0 Å². The molecule has 3 heterocycles. The summed E-state index contributed by atoms with van der Waals surface area (Å²) in [7, 11) is -7.17. The van der Waals surface area contributed by atoms with Crippen molar-refractivity contribution in [2.24, 2.45) is 9.98 Å². The van der Waals surface area contributed by atoms with E-state index in [1.54, 1.807) is 84.9 Å². The number of hydrogen-bond acceptors (Lipinski definition) is 11. The Labute approximate surface area is 383 Å². The van der Waals surface area contributed by atoms with Crippen molar-refractivity contribution in [3.63, 3.8) is 0 Å². The number of ether oxygens (including phenoxy) is 2. The number of hydroxylamine groups is 2. The lowest BCUT2D eigenvalue weighted by Crippen LogP contribution is -2.36. The van der Waals surface area contributed by atoms with Crippen LogP contribution in [0.1, 0.15) is 43.2 Å². The van der Waals surface area contributed by atoms with E-state index in [9.17, 15) is 32.4 Å². The third-order valence-electron chi connectivity index (χ3n) is 10.1. The molecule has 0 atom stereocenters. The highest BCUT2D eigenvalue weighted by atomic mass is 32.2. The minimum atomic E-state index is -4.14. The van der Waals surface area contributed by atoms with Gasteiger partial charge in [-0.2, -0.15) is 8.42 Å². The van der Waals surface area contributed by atoms with Crippen LogP contribution in [0.15, 0.2) is 131 Å². The van der Waals surface area contributed by atoms with Crippen molar-refractivity contribution in [1.82, 2.24) is 20.2 Å². The van der Waals surface area contributed by atoms with Crippen LogP contribution in [0, 0.1) is 0 Å². The first-order chi connectivity index (χ1) is 32.2. The maximum Gasteiger partial charge on any atom is 0.679 e. The lowest BCUT2D eigenvalue weighted by atomic mass is 10.0. The van der Waals surface area contributed by atoms with Gasteiger partial charge in [-0.05, 0) is 83.8 Å². The van der Waals surface area contributed by atoms with Crippen molar-refractivity contribution >= 4 is 70.2 Å². The minimum absolute atomic E-state index is 0.00928. The number of rotatable bonds is 19. The molecule has 3 N–H and O–H groups in total. The highest BCUT2D eigenvalue weighted by Gasteiger charge is 2.33. The topological polar surface area (TPSA) is 224 Å². The molecule has 1 fully saturated rings. The number of aliphatic imine (C=N–C) groups is 2. The zero-order valence-corrected chi connectivity index (χ0v) is 36.3. The van der Waals surface area contributed by atoms with E-state index in [-0.39, 0.29) is 74.9 Å². The normalized spacial score (nSPS) is 14.1. The first-order valence-electron chi connectivity index (χ1n) is 20.8. The predicted molar refractivity (Wildman–Crippen MR) is 243 cm³/mol. The Kier molecular flexibility index (Phi) is 15.1. The number of nitrogens with one attached hydrogen (secondary N) is 2.